The van der Waals surface area contributed by atoms with Gasteiger partial charge in [-0.25, -0.2) is 8.42 Å². The van der Waals surface area contributed by atoms with Gasteiger partial charge in [-0.1, -0.05) is 17.7 Å². The number of nitrogens with zero attached hydrogens (tertiary/aromatic N) is 2. The number of fused-ring (bicyclic) bond motifs is 1. The number of aryl methyl sites for hydroxylation is 1. The van der Waals surface area contributed by atoms with Crippen LogP contribution >= 0.6 is 12.0 Å². The molecule has 10 nitrogen and oxygen atoms in total. The van der Waals surface area contributed by atoms with Crippen molar-refractivity contribution in [1.82, 2.24) is 0 Å². The fourth-order valence-corrected chi connectivity index (χ4v) is 3.60. The molecule has 3 aromatic rings. The molecule has 31 heavy (non-hydrogen) atoms. The summed E-state index contributed by atoms with van der Waals surface area (Å²) in [6.45, 7) is 1.91. The Labute approximate surface area is 226 Å². The van der Waals surface area contributed by atoms with Crippen molar-refractivity contribution in [1.29, 1.82) is 0 Å². The van der Waals surface area contributed by atoms with Gasteiger partial charge in [-0.15, -0.1) is 5.11 Å². The van der Waals surface area contributed by atoms with Crippen LogP contribution in [-0.4, -0.2) is 18.1 Å². The van der Waals surface area contributed by atoms with E-state index in [-0.39, 0.29) is 86.2 Å². The first-order valence-electron chi connectivity index (χ1n) is 7.87. The first-order valence-corrected chi connectivity index (χ1v) is 10.0. The molecular formula is C17H13N3Na2O7S2. The maximum Gasteiger partial charge on any atom is 1.00 e. The van der Waals surface area contributed by atoms with Gasteiger partial charge in [-0.05, 0) is 42.6 Å². The Balaban J connectivity index is 0.00000240. The SMILES string of the molecule is Cc1ccc(N=Nc2c(SOO[O-])cc3cc(S(=O)(=O)[O-])cc(O)c3c2N)cc1.[Na+].[Na+]. The fraction of sp³-hybridized carbons (Fsp3) is 0.0588. The third-order valence-electron chi connectivity index (χ3n) is 3.91. The van der Waals surface area contributed by atoms with Crippen LogP contribution in [0.4, 0.5) is 17.1 Å². The van der Waals surface area contributed by atoms with E-state index >= 15 is 0 Å². The van der Waals surface area contributed by atoms with Crippen LogP contribution in [0.2, 0.25) is 0 Å². The topological polar surface area (TPSA) is 170 Å². The molecule has 0 aliphatic carbocycles. The van der Waals surface area contributed by atoms with Crippen LogP contribution in [-0.2, 0) is 19.5 Å². The van der Waals surface area contributed by atoms with Crippen LogP contribution in [0, 0.1) is 6.92 Å². The Morgan fingerprint density at radius 2 is 1.74 bits per heavy atom. The van der Waals surface area contributed by atoms with Crippen molar-refractivity contribution in [3.63, 3.8) is 0 Å². The summed E-state index contributed by atoms with van der Waals surface area (Å²) in [4.78, 5) is -0.505. The summed E-state index contributed by atoms with van der Waals surface area (Å²) in [6.07, 6.45) is 0. The molecule has 0 heterocycles. The van der Waals surface area contributed by atoms with Crippen LogP contribution in [0.25, 0.3) is 10.8 Å². The van der Waals surface area contributed by atoms with E-state index in [0.717, 1.165) is 17.7 Å². The largest absolute Gasteiger partial charge is 1.00 e. The van der Waals surface area contributed by atoms with Gasteiger partial charge in [0.25, 0.3) is 0 Å². The minimum absolute atomic E-state index is 0. The molecule has 0 bridgehead atoms. The van der Waals surface area contributed by atoms with Gasteiger partial charge in [-0.2, -0.15) is 9.45 Å². The smallest absolute Gasteiger partial charge is 0.744 e. The zero-order chi connectivity index (χ0) is 21.2. The average molecular weight is 481 g/mol. The van der Waals surface area contributed by atoms with E-state index < -0.39 is 20.8 Å². The maximum atomic E-state index is 11.3. The zero-order valence-electron chi connectivity index (χ0n) is 16.7. The molecule has 0 saturated carbocycles. The van der Waals surface area contributed by atoms with Gasteiger partial charge in [-0.3, -0.25) is 5.04 Å². The molecule has 3 N–H and O–H groups in total. The Morgan fingerprint density at radius 3 is 2.32 bits per heavy atom. The molecule has 0 radical (unpaired) electrons. The molecule has 0 aliphatic rings. The molecule has 0 fully saturated rings. The van der Waals surface area contributed by atoms with Crippen molar-refractivity contribution in [3.05, 3.63) is 48.0 Å². The first kappa shape index (κ1) is 28.3. The van der Waals surface area contributed by atoms with Crippen molar-refractivity contribution in [2.45, 2.75) is 16.7 Å². The summed E-state index contributed by atoms with van der Waals surface area (Å²) in [5.74, 6) is -0.529. The molecular weight excluding hydrogens is 468 g/mol. The molecule has 0 aromatic heterocycles. The van der Waals surface area contributed by atoms with E-state index in [2.05, 4.69) is 19.6 Å². The van der Waals surface area contributed by atoms with Gasteiger partial charge in [0, 0.05) is 5.39 Å². The van der Waals surface area contributed by atoms with Crippen LogP contribution in [0.15, 0.2) is 62.5 Å². The monoisotopic (exact) mass is 481 g/mol. The molecule has 0 atom stereocenters. The molecule has 3 aromatic carbocycles. The third-order valence-corrected chi connectivity index (χ3v) is 5.33. The molecule has 0 unspecified atom stereocenters. The Hall–Kier alpha value is -0.740. The van der Waals surface area contributed by atoms with Crippen LogP contribution in [0.1, 0.15) is 5.56 Å². The number of anilines is 1. The minimum atomic E-state index is -4.82. The van der Waals surface area contributed by atoms with E-state index in [1.165, 1.54) is 6.07 Å². The van der Waals surface area contributed by atoms with Gasteiger partial charge in [0.2, 0.25) is 0 Å². The van der Waals surface area contributed by atoms with E-state index in [1.54, 1.807) is 12.1 Å². The Bertz CT molecular complexity index is 1210. The van der Waals surface area contributed by atoms with E-state index in [9.17, 15) is 23.3 Å². The molecule has 0 spiro atoms. The fourth-order valence-electron chi connectivity index (χ4n) is 2.57. The Kier molecular flexibility index (Phi) is 10.9. The van der Waals surface area contributed by atoms with Crippen molar-refractivity contribution in [2.24, 2.45) is 10.2 Å². The second-order valence-corrected chi connectivity index (χ2v) is 8.01. The van der Waals surface area contributed by atoms with Gasteiger partial charge < -0.3 is 20.7 Å². The number of hydrogen-bond donors (Lipinski definition) is 2. The summed E-state index contributed by atoms with van der Waals surface area (Å²) in [7, 11) is -4.82. The number of azo groups is 1. The molecule has 0 amide bonds. The van der Waals surface area contributed by atoms with Crippen molar-refractivity contribution < 1.29 is 91.8 Å². The van der Waals surface area contributed by atoms with Gasteiger partial charge in [0.1, 0.15) is 21.6 Å². The number of nitrogen functional groups attached to an aromatic ring is 1. The van der Waals surface area contributed by atoms with Crippen LogP contribution in [0.3, 0.4) is 0 Å². The van der Waals surface area contributed by atoms with Gasteiger partial charge >= 0.3 is 59.1 Å². The number of hydrogen-bond acceptors (Lipinski definition) is 11. The minimum Gasteiger partial charge on any atom is -0.744 e. The summed E-state index contributed by atoms with van der Waals surface area (Å²) in [5.41, 5.74) is 7.64. The zero-order valence-corrected chi connectivity index (χ0v) is 22.4. The normalized spacial score (nSPS) is 11.3. The molecule has 0 saturated heterocycles. The summed E-state index contributed by atoms with van der Waals surface area (Å²) in [5, 5.41) is 32.1. The number of aromatic hydroxyl groups is 1. The first-order chi connectivity index (χ1) is 13.7. The number of rotatable bonds is 6. The van der Waals surface area contributed by atoms with Gasteiger partial charge in [0.15, 0.2) is 0 Å². The Morgan fingerprint density at radius 1 is 1.10 bits per heavy atom. The maximum absolute atomic E-state index is 11.3. The number of nitrogens with two attached hydrogens (primary N) is 1. The summed E-state index contributed by atoms with van der Waals surface area (Å²) < 4.78 is 38.2. The second kappa shape index (κ2) is 11.9. The molecule has 3 rings (SSSR count). The third kappa shape index (κ3) is 6.87. The predicted molar refractivity (Wildman–Crippen MR) is 101 cm³/mol. The molecule has 0 aliphatic heterocycles. The molecule has 14 heteroatoms. The number of benzene rings is 3. The molecule has 152 valence electrons. The number of phenols is 1. The number of phenolic OH excluding ortho intramolecular Hbond substituents is 1. The van der Waals surface area contributed by atoms with Crippen molar-refractivity contribution in [2.75, 3.05) is 5.73 Å². The second-order valence-electron chi connectivity index (χ2n) is 5.89. The average Bonchev–Trinajstić information content (AvgIpc) is 2.65. The van der Waals surface area contributed by atoms with Crippen molar-refractivity contribution >= 4 is 50.0 Å². The predicted octanol–water partition coefficient (Wildman–Crippen LogP) is -3.01. The summed E-state index contributed by atoms with van der Waals surface area (Å²) in [6, 6.07) is 10.3. The van der Waals surface area contributed by atoms with E-state index in [4.69, 9.17) is 5.73 Å². The van der Waals surface area contributed by atoms with Crippen LogP contribution in [0.5, 0.6) is 5.75 Å². The van der Waals surface area contributed by atoms with Crippen LogP contribution < -0.4 is 70.1 Å². The van der Waals surface area contributed by atoms with Crippen molar-refractivity contribution in [3.8, 4) is 5.75 Å². The van der Waals surface area contributed by atoms with E-state index in [1.807, 2.05) is 19.1 Å². The summed E-state index contributed by atoms with van der Waals surface area (Å²) >= 11 is 0.455. The quantitative estimate of drug-likeness (QED) is 0.0708. The van der Waals surface area contributed by atoms with E-state index in [0.29, 0.717) is 17.7 Å². The van der Waals surface area contributed by atoms with Gasteiger partial charge in [0.05, 0.1) is 33.2 Å². The standard InChI is InChI=1S/C17H15N3O7S2.2Na/c1-9-2-4-11(5-3-9)19-20-17-14(28-27-26-22)7-10-6-12(29(23,24)25)8-13(21)15(10)16(17)18;;/h2-8,21-22H,18H2,1H3,(H,23,24,25);;/q;2*+1/p-2.